The molecule has 0 fully saturated rings. The molecule has 0 spiro atoms. The van der Waals surface area contributed by atoms with Crippen LogP contribution in [0.15, 0.2) is 33.7 Å². The van der Waals surface area contributed by atoms with E-state index in [1.807, 2.05) is 38.4 Å². The third-order valence-corrected chi connectivity index (χ3v) is 8.22. The van der Waals surface area contributed by atoms with E-state index < -0.39 is 39.3 Å². The zero-order chi connectivity index (χ0) is 27.3. The smallest absolute Gasteiger partial charge is 0.346 e. The predicted molar refractivity (Wildman–Crippen MR) is 135 cm³/mol. The number of rotatable bonds is 16. The normalized spacial score (nSPS) is 13.9. The fraction of sp³-hybridized carbons (Fsp3) is 0.619. The molecule has 0 aliphatic heterocycles. The Morgan fingerprint density at radius 3 is 2.42 bits per heavy atom. The highest BCUT2D eigenvalue weighted by Crippen LogP contribution is 2.48. The molecule has 13 nitrogen and oxygen atoms in total. The lowest BCUT2D eigenvalue weighted by molar-refractivity contribution is -0.122. The minimum Gasteiger partial charge on any atom is -0.346 e. The van der Waals surface area contributed by atoms with Crippen LogP contribution in [0.25, 0.3) is 0 Å². The van der Waals surface area contributed by atoms with Crippen LogP contribution < -0.4 is 16.6 Å². The van der Waals surface area contributed by atoms with E-state index in [0.717, 1.165) is 10.6 Å². The molecule has 202 valence electrons. The van der Waals surface area contributed by atoms with Gasteiger partial charge in [-0.1, -0.05) is 6.08 Å². The Hall–Kier alpha value is -2.16. The maximum absolute atomic E-state index is 12.7. The molecule has 0 saturated carbocycles. The molecule has 0 aliphatic rings. The van der Waals surface area contributed by atoms with Crippen molar-refractivity contribution in [3.8, 4) is 6.07 Å². The van der Waals surface area contributed by atoms with Crippen LogP contribution in [0.1, 0.15) is 34.1 Å². The van der Waals surface area contributed by atoms with E-state index >= 15 is 0 Å². The van der Waals surface area contributed by atoms with Gasteiger partial charge in [-0.05, 0) is 27.7 Å². The van der Waals surface area contributed by atoms with E-state index in [-0.39, 0.29) is 38.3 Å². The quantitative estimate of drug-likeness (QED) is 0.232. The first kappa shape index (κ1) is 31.9. The van der Waals surface area contributed by atoms with Gasteiger partial charge in [0.2, 0.25) is 5.91 Å². The van der Waals surface area contributed by atoms with Crippen LogP contribution >= 0.6 is 16.1 Å². The Morgan fingerprint density at radius 1 is 1.25 bits per heavy atom. The molecule has 1 aromatic heterocycles. The Bertz CT molecular complexity index is 1050. The van der Waals surface area contributed by atoms with E-state index in [1.165, 1.54) is 32.3 Å². The lowest BCUT2D eigenvalue weighted by Gasteiger charge is -2.36. The van der Waals surface area contributed by atoms with Crippen LogP contribution in [0.3, 0.4) is 0 Å². The summed E-state index contributed by atoms with van der Waals surface area (Å²) in [6.45, 7) is 7.67. The molecule has 0 aliphatic carbocycles. The Labute approximate surface area is 211 Å². The summed E-state index contributed by atoms with van der Waals surface area (Å²) < 4.78 is 37.3. The summed E-state index contributed by atoms with van der Waals surface area (Å²) >= 11 is 0. The maximum atomic E-state index is 12.7. The number of aromatic nitrogens is 2. The predicted octanol–water partition coefficient (Wildman–Crippen LogP) is 2.31. The number of amides is 1. The highest BCUT2D eigenvalue weighted by atomic mass is 31.2. The van der Waals surface area contributed by atoms with Gasteiger partial charge in [0.05, 0.1) is 31.7 Å². The van der Waals surface area contributed by atoms with Gasteiger partial charge in [-0.3, -0.25) is 23.7 Å². The molecule has 36 heavy (non-hydrogen) atoms. The molecular weight excluding hydrogens is 512 g/mol. The zero-order valence-corrected chi connectivity index (χ0v) is 23.2. The van der Waals surface area contributed by atoms with E-state index in [4.69, 9.17) is 23.4 Å². The highest BCUT2D eigenvalue weighted by molar-refractivity contribution is 7.57. The molecule has 0 bridgehead atoms. The van der Waals surface area contributed by atoms with Crippen molar-refractivity contribution in [1.29, 1.82) is 5.26 Å². The summed E-state index contributed by atoms with van der Waals surface area (Å²) in [4.78, 5) is 37.9. The first-order chi connectivity index (χ1) is 17.0. The number of nitriles is 1. The van der Waals surface area contributed by atoms with Crippen molar-refractivity contribution >= 4 is 22.0 Å². The van der Waals surface area contributed by atoms with Crippen LogP contribution in [0.5, 0.6) is 0 Å². The van der Waals surface area contributed by atoms with Crippen molar-refractivity contribution in [2.24, 2.45) is 0 Å². The molecule has 2 atom stereocenters. The molecule has 2 N–H and O–H groups in total. The third-order valence-electron chi connectivity index (χ3n) is 4.59. The van der Waals surface area contributed by atoms with Crippen LogP contribution in [-0.4, -0.2) is 65.7 Å². The molecule has 1 heterocycles. The molecule has 0 radical (unpaired) electrons. The van der Waals surface area contributed by atoms with Gasteiger partial charge in [0.15, 0.2) is 0 Å². The SMILES string of the molecule is COP(=O)(/C=C/C(COP(OCCC#N)N(C(C)C)C(C)C)NC(=O)Cn1ccc(=O)[nH]c1=O)OC. The number of hydrogen-bond acceptors (Lipinski definition) is 10. The zero-order valence-electron chi connectivity index (χ0n) is 21.4. The van der Waals surface area contributed by atoms with Gasteiger partial charge in [-0.25, -0.2) is 9.46 Å². The minimum absolute atomic E-state index is 0.0658. The van der Waals surface area contributed by atoms with Gasteiger partial charge < -0.3 is 23.4 Å². The van der Waals surface area contributed by atoms with Crippen molar-refractivity contribution in [3.05, 3.63) is 45.0 Å². The molecule has 2 unspecified atom stereocenters. The molecule has 15 heteroatoms. The summed E-state index contributed by atoms with van der Waals surface area (Å²) in [7, 11) is -2.68. The third kappa shape index (κ3) is 10.8. The van der Waals surface area contributed by atoms with Gasteiger partial charge in [-0.15, -0.1) is 0 Å². The van der Waals surface area contributed by atoms with E-state index in [2.05, 4.69) is 10.3 Å². The Balaban J connectivity index is 3.12. The number of aromatic amines is 1. The monoisotopic (exact) mass is 547 g/mol. The van der Waals surface area contributed by atoms with Crippen molar-refractivity contribution in [1.82, 2.24) is 19.5 Å². The van der Waals surface area contributed by atoms with Crippen LogP contribution in [0, 0.1) is 11.3 Å². The molecule has 0 aromatic carbocycles. The fourth-order valence-electron chi connectivity index (χ4n) is 2.98. The van der Waals surface area contributed by atoms with Crippen molar-refractivity contribution in [3.63, 3.8) is 0 Å². The number of nitrogens with zero attached hydrogens (tertiary/aromatic N) is 3. The van der Waals surface area contributed by atoms with E-state index in [1.54, 1.807) is 0 Å². The van der Waals surface area contributed by atoms with Gasteiger partial charge >= 0.3 is 13.3 Å². The van der Waals surface area contributed by atoms with Gasteiger partial charge in [0, 0.05) is 44.4 Å². The number of hydrogen-bond donors (Lipinski definition) is 2. The first-order valence-electron chi connectivity index (χ1n) is 11.2. The maximum Gasteiger partial charge on any atom is 0.353 e. The van der Waals surface area contributed by atoms with Crippen molar-refractivity contribution in [2.75, 3.05) is 27.4 Å². The Morgan fingerprint density at radius 2 is 1.89 bits per heavy atom. The summed E-state index contributed by atoms with van der Waals surface area (Å²) in [5, 5.41) is 11.6. The van der Waals surface area contributed by atoms with Gasteiger partial charge in [-0.2, -0.15) is 5.26 Å². The lowest BCUT2D eigenvalue weighted by atomic mass is 10.3. The second kappa shape index (κ2) is 15.8. The molecular formula is C21H35N5O8P2. The lowest BCUT2D eigenvalue weighted by Crippen LogP contribution is -2.41. The van der Waals surface area contributed by atoms with Crippen LogP contribution in [-0.2, 0) is 34.0 Å². The second-order valence-electron chi connectivity index (χ2n) is 8.00. The number of carbonyl (C=O) groups excluding carboxylic acids is 1. The molecule has 1 rings (SSSR count). The van der Waals surface area contributed by atoms with E-state index in [0.29, 0.717) is 0 Å². The van der Waals surface area contributed by atoms with Crippen molar-refractivity contribution in [2.45, 2.75) is 58.8 Å². The number of nitrogens with one attached hydrogen (secondary N) is 2. The van der Waals surface area contributed by atoms with Gasteiger partial charge in [0.1, 0.15) is 6.54 Å². The number of carbonyl (C=O) groups is 1. The molecule has 0 saturated heterocycles. The van der Waals surface area contributed by atoms with Crippen LogP contribution in [0.4, 0.5) is 0 Å². The first-order valence-corrected chi connectivity index (χ1v) is 13.9. The van der Waals surface area contributed by atoms with Crippen molar-refractivity contribution < 1.29 is 27.5 Å². The van der Waals surface area contributed by atoms with E-state index in [9.17, 15) is 18.9 Å². The minimum atomic E-state index is -3.53. The standard InChI is InChI=1S/C21H35N5O8P2/c1-16(2)26(17(3)4)35(33-12-7-10-22)34-15-18(9-13-36(30,31-5)32-6)23-20(28)14-25-11-8-19(27)24-21(25)29/h8-9,11,13,16-18H,7,12,14-15H2,1-6H3,(H,23,28)(H,24,27,29)/b13-9+. The average Bonchev–Trinajstić information content (AvgIpc) is 2.81. The van der Waals surface area contributed by atoms with Crippen LogP contribution in [0.2, 0.25) is 0 Å². The van der Waals surface area contributed by atoms with Gasteiger partial charge in [0.25, 0.3) is 14.1 Å². The number of H-pyrrole nitrogens is 1. The summed E-state index contributed by atoms with van der Waals surface area (Å²) in [5.74, 6) is 0.640. The summed E-state index contributed by atoms with van der Waals surface area (Å²) in [6, 6.07) is 2.48. The average molecular weight is 547 g/mol. The Kier molecular flexibility index (Phi) is 14.0. The molecule has 1 amide bonds. The summed E-state index contributed by atoms with van der Waals surface area (Å²) in [5.41, 5.74) is -1.31. The second-order valence-corrected chi connectivity index (χ2v) is 11.6. The highest BCUT2D eigenvalue weighted by Gasteiger charge is 2.28. The fourth-order valence-corrected chi connectivity index (χ4v) is 5.43. The molecule has 1 aromatic rings. The topological polar surface area (TPSA) is 165 Å². The largest absolute Gasteiger partial charge is 0.353 e. The summed E-state index contributed by atoms with van der Waals surface area (Å²) in [6.07, 6.45) is 2.81.